The molecule has 1 fully saturated rings. The van der Waals surface area contributed by atoms with Gasteiger partial charge in [-0.1, -0.05) is 54.6 Å². The standard InChI is InChI=1S/C36H37NO5/c1-23-33(36(39)42-30-10-6-7-11-30)34(26-14-18-29(19-15-26)41-22-24-8-4-3-5-9-24)35-31(37-23)20-27(21-32(35)38)25-12-16-28(40-2)17-13-25/h3-5,8-9,12-19,27,30,34,37H,6-7,10-11,20-22H2,1-2H3/t27-,34-/m1/s1. The van der Waals surface area contributed by atoms with Gasteiger partial charge in [-0.25, -0.2) is 4.79 Å². The third-order valence-electron chi connectivity index (χ3n) is 8.67. The molecule has 0 aromatic heterocycles. The van der Waals surface area contributed by atoms with Crippen LogP contribution >= 0.6 is 0 Å². The molecule has 6 rings (SSSR count). The van der Waals surface area contributed by atoms with Crippen molar-refractivity contribution in [3.05, 3.63) is 118 Å². The van der Waals surface area contributed by atoms with E-state index in [0.717, 1.165) is 65.3 Å². The first-order valence-corrected chi connectivity index (χ1v) is 14.9. The minimum Gasteiger partial charge on any atom is -0.497 e. The number of hydrogen-bond donors (Lipinski definition) is 1. The molecule has 3 aromatic rings. The number of benzene rings is 3. The highest BCUT2D eigenvalue weighted by Crippen LogP contribution is 2.46. The smallest absolute Gasteiger partial charge is 0.337 e. The van der Waals surface area contributed by atoms with Gasteiger partial charge in [-0.15, -0.1) is 0 Å². The lowest BCUT2D eigenvalue weighted by Gasteiger charge is -2.37. The lowest BCUT2D eigenvalue weighted by Crippen LogP contribution is -2.36. The van der Waals surface area contributed by atoms with Gasteiger partial charge in [-0.05, 0) is 85.9 Å². The largest absolute Gasteiger partial charge is 0.497 e. The molecule has 6 heteroatoms. The van der Waals surface area contributed by atoms with Crippen molar-refractivity contribution in [2.75, 3.05) is 7.11 Å². The van der Waals surface area contributed by atoms with Gasteiger partial charge in [0.05, 0.1) is 12.7 Å². The predicted molar refractivity (Wildman–Crippen MR) is 161 cm³/mol. The number of esters is 1. The third kappa shape index (κ3) is 5.85. The summed E-state index contributed by atoms with van der Waals surface area (Å²) in [5, 5.41) is 3.46. The molecule has 0 bridgehead atoms. The molecule has 3 aromatic carbocycles. The lowest BCUT2D eigenvalue weighted by atomic mass is 9.71. The average Bonchev–Trinajstić information content (AvgIpc) is 3.53. The minimum absolute atomic E-state index is 0.0452. The Hall–Kier alpha value is -4.32. The van der Waals surface area contributed by atoms with Crippen molar-refractivity contribution >= 4 is 11.8 Å². The highest BCUT2D eigenvalue weighted by Gasteiger charge is 2.42. The van der Waals surface area contributed by atoms with Crippen LogP contribution in [0.15, 0.2) is 101 Å². The molecule has 2 atom stereocenters. The molecule has 1 N–H and O–H groups in total. The maximum Gasteiger partial charge on any atom is 0.337 e. The molecule has 0 amide bonds. The van der Waals surface area contributed by atoms with Crippen molar-refractivity contribution in [3.8, 4) is 11.5 Å². The fourth-order valence-corrected chi connectivity index (χ4v) is 6.47. The third-order valence-corrected chi connectivity index (χ3v) is 8.67. The maximum atomic E-state index is 13.9. The number of carbonyl (C=O) groups excluding carboxylic acids is 2. The monoisotopic (exact) mass is 563 g/mol. The molecule has 2 aliphatic carbocycles. The molecular formula is C36H37NO5. The Labute approximate surface area is 247 Å². The molecule has 0 saturated heterocycles. The second-order valence-electron chi connectivity index (χ2n) is 11.4. The average molecular weight is 564 g/mol. The minimum atomic E-state index is -0.498. The van der Waals surface area contributed by atoms with Gasteiger partial charge in [0.1, 0.15) is 24.2 Å². The molecule has 3 aliphatic rings. The van der Waals surface area contributed by atoms with Gasteiger partial charge in [0.25, 0.3) is 0 Å². The Bertz CT molecular complexity index is 1500. The first-order chi connectivity index (χ1) is 20.5. The normalized spacial score (nSPS) is 20.7. The molecule has 0 radical (unpaired) electrons. The Morgan fingerprint density at radius 2 is 1.52 bits per heavy atom. The zero-order valence-corrected chi connectivity index (χ0v) is 24.2. The van der Waals surface area contributed by atoms with Crippen LogP contribution in [0.4, 0.5) is 0 Å². The summed E-state index contributed by atoms with van der Waals surface area (Å²) in [5.74, 6) is 0.787. The summed E-state index contributed by atoms with van der Waals surface area (Å²) in [6.45, 7) is 2.38. The molecule has 0 unspecified atom stereocenters. The van der Waals surface area contributed by atoms with Crippen LogP contribution in [0.3, 0.4) is 0 Å². The summed E-state index contributed by atoms with van der Waals surface area (Å²) in [4.78, 5) is 27.7. The van der Waals surface area contributed by atoms with Gasteiger partial charge < -0.3 is 19.5 Å². The number of Topliss-reactive ketones (excluding diaryl/α,β-unsaturated/α-hetero) is 1. The van der Waals surface area contributed by atoms with E-state index in [-0.39, 0.29) is 23.8 Å². The maximum absolute atomic E-state index is 13.9. The number of hydrogen-bond acceptors (Lipinski definition) is 6. The molecular weight excluding hydrogens is 526 g/mol. The number of rotatable bonds is 8. The molecule has 42 heavy (non-hydrogen) atoms. The zero-order valence-electron chi connectivity index (χ0n) is 24.2. The summed E-state index contributed by atoms with van der Waals surface area (Å²) in [5.41, 5.74) is 5.89. The second-order valence-corrected chi connectivity index (χ2v) is 11.4. The van der Waals surface area contributed by atoms with E-state index in [1.807, 2.05) is 85.8 Å². The van der Waals surface area contributed by atoms with Crippen molar-refractivity contribution in [2.24, 2.45) is 0 Å². The van der Waals surface area contributed by atoms with Gasteiger partial charge in [0.2, 0.25) is 0 Å². The number of ether oxygens (including phenoxy) is 3. The van der Waals surface area contributed by atoms with Crippen LogP contribution in [0.1, 0.15) is 74.0 Å². The number of allylic oxidation sites excluding steroid dienone is 3. The second kappa shape index (κ2) is 12.3. The fraction of sp³-hybridized carbons (Fsp3) is 0.333. The molecule has 216 valence electrons. The molecule has 6 nitrogen and oxygen atoms in total. The highest BCUT2D eigenvalue weighted by atomic mass is 16.5. The van der Waals surface area contributed by atoms with Gasteiger partial charge in [-0.2, -0.15) is 0 Å². The SMILES string of the molecule is COc1ccc([C@H]2CC(=O)C3=C(C2)NC(C)=C(C(=O)OC2CCCC2)[C@H]3c2ccc(OCc3ccccc3)cc2)cc1. The topological polar surface area (TPSA) is 73.9 Å². The highest BCUT2D eigenvalue weighted by molar-refractivity contribution is 6.04. The van der Waals surface area contributed by atoms with Crippen LogP contribution in [0, 0.1) is 0 Å². The molecule has 1 aliphatic heterocycles. The molecule has 0 spiro atoms. The van der Waals surface area contributed by atoms with Crippen molar-refractivity contribution in [3.63, 3.8) is 0 Å². The Balaban J connectivity index is 1.31. The van der Waals surface area contributed by atoms with E-state index in [9.17, 15) is 9.59 Å². The van der Waals surface area contributed by atoms with E-state index in [0.29, 0.717) is 30.6 Å². The van der Waals surface area contributed by atoms with Crippen molar-refractivity contribution in [2.45, 2.75) is 70.0 Å². The van der Waals surface area contributed by atoms with E-state index in [2.05, 4.69) is 5.32 Å². The van der Waals surface area contributed by atoms with E-state index in [1.54, 1.807) is 7.11 Å². The number of carbonyl (C=O) groups is 2. The van der Waals surface area contributed by atoms with Gasteiger partial charge >= 0.3 is 5.97 Å². The van der Waals surface area contributed by atoms with Gasteiger partial charge in [0.15, 0.2) is 5.78 Å². The van der Waals surface area contributed by atoms with Crippen molar-refractivity contribution in [1.29, 1.82) is 0 Å². The van der Waals surface area contributed by atoms with E-state index < -0.39 is 5.92 Å². The van der Waals surface area contributed by atoms with E-state index in [4.69, 9.17) is 14.2 Å². The summed E-state index contributed by atoms with van der Waals surface area (Å²) in [6, 6.07) is 25.7. The summed E-state index contributed by atoms with van der Waals surface area (Å²) in [6.07, 6.45) is 4.92. The van der Waals surface area contributed by atoms with Crippen LogP contribution in [0.2, 0.25) is 0 Å². The first-order valence-electron chi connectivity index (χ1n) is 14.9. The van der Waals surface area contributed by atoms with Crippen LogP contribution in [0.25, 0.3) is 0 Å². The van der Waals surface area contributed by atoms with Crippen molar-refractivity contribution < 1.29 is 23.8 Å². The van der Waals surface area contributed by atoms with E-state index >= 15 is 0 Å². The Morgan fingerprint density at radius 1 is 0.857 bits per heavy atom. The number of dihydropyridines is 1. The summed E-state index contributed by atoms with van der Waals surface area (Å²) >= 11 is 0. The van der Waals surface area contributed by atoms with Crippen LogP contribution in [0.5, 0.6) is 11.5 Å². The summed E-state index contributed by atoms with van der Waals surface area (Å²) < 4.78 is 17.3. The van der Waals surface area contributed by atoms with Gasteiger partial charge in [-0.3, -0.25) is 4.79 Å². The van der Waals surface area contributed by atoms with Gasteiger partial charge in [0, 0.05) is 29.3 Å². The number of nitrogens with one attached hydrogen (secondary N) is 1. The lowest BCUT2D eigenvalue weighted by molar-refractivity contribution is -0.144. The Morgan fingerprint density at radius 3 is 2.21 bits per heavy atom. The van der Waals surface area contributed by atoms with Crippen molar-refractivity contribution in [1.82, 2.24) is 5.32 Å². The molecule has 1 saturated carbocycles. The van der Waals surface area contributed by atoms with Crippen LogP contribution in [-0.2, 0) is 20.9 Å². The zero-order chi connectivity index (χ0) is 29.1. The number of ketones is 1. The number of methoxy groups -OCH3 is 1. The summed E-state index contributed by atoms with van der Waals surface area (Å²) in [7, 11) is 1.65. The first kappa shape index (κ1) is 27.8. The van der Waals surface area contributed by atoms with E-state index in [1.165, 1.54) is 0 Å². The Kier molecular flexibility index (Phi) is 8.13. The molecule has 1 heterocycles. The fourth-order valence-electron chi connectivity index (χ4n) is 6.47. The van der Waals surface area contributed by atoms with Crippen LogP contribution < -0.4 is 14.8 Å². The predicted octanol–water partition coefficient (Wildman–Crippen LogP) is 7.12. The quantitative estimate of drug-likeness (QED) is 0.294. The van der Waals surface area contributed by atoms with Crippen LogP contribution in [-0.4, -0.2) is 25.0 Å².